The average Bonchev–Trinajstić information content (AvgIpc) is 1.89. The zero-order valence-electron chi connectivity index (χ0n) is 5.39. The van der Waals surface area contributed by atoms with Crippen LogP contribution in [0.1, 0.15) is 5.56 Å². The van der Waals surface area contributed by atoms with Crippen molar-refractivity contribution < 1.29 is 0 Å². The van der Waals surface area contributed by atoms with Crippen LogP contribution in [-0.2, 0) is 0 Å². The monoisotopic (exact) mass is 202 g/mol. The molecule has 48 valence electrons. The van der Waals surface area contributed by atoms with Crippen LogP contribution in [0.4, 0.5) is 0 Å². The summed E-state index contributed by atoms with van der Waals surface area (Å²) in [6, 6.07) is 8.34. The Balaban J connectivity index is 3.01. The SMILES string of the molecule is Cc1cccc[c]1[GeH2][Cl]. The van der Waals surface area contributed by atoms with Crippen molar-refractivity contribution in [2.24, 2.45) is 0 Å². The molecule has 0 saturated heterocycles. The Kier molecular flexibility index (Phi) is 2.61. The second-order valence-electron chi connectivity index (χ2n) is 2.06. The van der Waals surface area contributed by atoms with E-state index in [9.17, 15) is 0 Å². The van der Waals surface area contributed by atoms with Crippen molar-refractivity contribution in [1.29, 1.82) is 0 Å². The Morgan fingerprint density at radius 2 is 2.00 bits per heavy atom. The molecule has 0 spiro atoms. The van der Waals surface area contributed by atoms with Crippen molar-refractivity contribution in [3.63, 3.8) is 0 Å². The molecule has 0 radical (unpaired) electrons. The molecule has 0 unspecified atom stereocenters. The molecule has 0 aliphatic carbocycles. The first kappa shape index (κ1) is 7.16. The number of aryl methyl sites for hydroxylation is 1. The molecule has 9 heavy (non-hydrogen) atoms. The Bertz CT molecular complexity index is 198. The Hall–Kier alpha value is 0.0529. The molecule has 0 heterocycles. The normalized spacial score (nSPS) is 10.9. The molecule has 0 N–H and O–H groups in total. The van der Waals surface area contributed by atoms with Crippen LogP contribution in [0, 0.1) is 6.92 Å². The quantitative estimate of drug-likeness (QED) is 0.593. The van der Waals surface area contributed by atoms with E-state index in [0.29, 0.717) is 0 Å². The van der Waals surface area contributed by atoms with Gasteiger partial charge in [0, 0.05) is 0 Å². The maximum atomic E-state index is 5.82. The van der Waals surface area contributed by atoms with Crippen molar-refractivity contribution in [3.8, 4) is 0 Å². The van der Waals surface area contributed by atoms with Crippen LogP contribution in [0.3, 0.4) is 0 Å². The number of halogens is 1. The summed E-state index contributed by atoms with van der Waals surface area (Å²) in [5, 5.41) is 0. The number of hydrogen-bond acceptors (Lipinski definition) is 0. The van der Waals surface area contributed by atoms with Gasteiger partial charge in [-0.25, -0.2) is 0 Å². The molecule has 0 fully saturated rings. The summed E-state index contributed by atoms with van der Waals surface area (Å²) in [7, 11) is 5.82. The second kappa shape index (κ2) is 3.28. The van der Waals surface area contributed by atoms with Crippen molar-refractivity contribution in [2.75, 3.05) is 0 Å². The average molecular weight is 201 g/mol. The molecule has 2 heteroatoms. The summed E-state index contributed by atoms with van der Waals surface area (Å²) in [5.41, 5.74) is 1.35. The first-order valence-corrected chi connectivity index (χ1v) is 8.33. The third-order valence-electron chi connectivity index (χ3n) is 1.41. The molecular formula is C7H9ClGe. The Morgan fingerprint density at radius 1 is 1.33 bits per heavy atom. The van der Waals surface area contributed by atoms with E-state index in [1.54, 1.807) is 0 Å². The molecular weight excluding hydrogens is 192 g/mol. The Morgan fingerprint density at radius 3 is 2.44 bits per heavy atom. The minimum absolute atomic E-state index is 0.845. The van der Waals surface area contributed by atoms with Crippen LogP contribution in [0.25, 0.3) is 0 Å². The van der Waals surface area contributed by atoms with E-state index in [4.69, 9.17) is 10.0 Å². The topological polar surface area (TPSA) is 0 Å². The number of rotatable bonds is 1. The predicted octanol–water partition coefficient (Wildman–Crippen LogP) is 0.943. The molecule has 0 aromatic heterocycles. The van der Waals surface area contributed by atoms with Gasteiger partial charge in [-0.1, -0.05) is 0 Å². The van der Waals surface area contributed by atoms with Crippen LogP contribution in [-0.4, -0.2) is 14.5 Å². The van der Waals surface area contributed by atoms with Crippen molar-refractivity contribution in [3.05, 3.63) is 29.8 Å². The molecule has 0 nitrogen and oxygen atoms in total. The van der Waals surface area contributed by atoms with Gasteiger partial charge in [-0.3, -0.25) is 0 Å². The molecule has 0 aliphatic heterocycles. The molecule has 1 aromatic carbocycles. The van der Waals surface area contributed by atoms with Gasteiger partial charge in [-0.05, 0) is 0 Å². The fraction of sp³-hybridized carbons (Fsp3) is 0.143. The second-order valence-corrected chi connectivity index (χ2v) is 5.61. The molecule has 0 bridgehead atoms. The van der Waals surface area contributed by atoms with E-state index in [1.165, 1.54) is 9.96 Å². The van der Waals surface area contributed by atoms with E-state index in [-0.39, 0.29) is 0 Å². The fourth-order valence-corrected chi connectivity index (χ4v) is 3.48. The van der Waals surface area contributed by atoms with Crippen LogP contribution >= 0.6 is 10.0 Å². The van der Waals surface area contributed by atoms with Crippen molar-refractivity contribution >= 4 is 28.9 Å². The van der Waals surface area contributed by atoms with Crippen LogP contribution in [0.15, 0.2) is 24.3 Å². The van der Waals surface area contributed by atoms with Gasteiger partial charge in [0.25, 0.3) is 0 Å². The zero-order valence-corrected chi connectivity index (χ0v) is 9.12. The molecule has 0 atom stereocenters. The van der Waals surface area contributed by atoms with Crippen LogP contribution in [0.5, 0.6) is 0 Å². The van der Waals surface area contributed by atoms with Gasteiger partial charge >= 0.3 is 65.7 Å². The summed E-state index contributed by atoms with van der Waals surface area (Å²) in [6.07, 6.45) is 0. The van der Waals surface area contributed by atoms with E-state index in [0.717, 1.165) is 0 Å². The standard InChI is InChI=1S/C7H9ClGe/c1-6-4-2-3-5-7(6)9-8/h2-5H,9H2,1H3. The third-order valence-corrected chi connectivity index (χ3v) is 5.17. The van der Waals surface area contributed by atoms with Gasteiger partial charge in [0.1, 0.15) is 0 Å². The molecule has 0 amide bonds. The summed E-state index contributed by atoms with van der Waals surface area (Å²) < 4.78 is 1.41. The maximum absolute atomic E-state index is 5.82. The summed E-state index contributed by atoms with van der Waals surface area (Å²) in [6.45, 7) is 2.11. The van der Waals surface area contributed by atoms with Gasteiger partial charge in [0.15, 0.2) is 0 Å². The van der Waals surface area contributed by atoms with Gasteiger partial charge in [0.05, 0.1) is 0 Å². The molecule has 0 aliphatic rings. The van der Waals surface area contributed by atoms with Crippen molar-refractivity contribution in [1.82, 2.24) is 0 Å². The number of hydrogen-bond donors (Lipinski definition) is 0. The van der Waals surface area contributed by atoms with Crippen LogP contribution in [0.2, 0.25) is 0 Å². The van der Waals surface area contributed by atoms with Gasteiger partial charge < -0.3 is 0 Å². The molecule has 0 saturated carbocycles. The summed E-state index contributed by atoms with van der Waals surface area (Å²) >= 11 is -0.845. The molecule has 1 aromatic rings. The number of benzene rings is 1. The molecule has 1 rings (SSSR count). The van der Waals surface area contributed by atoms with Crippen LogP contribution < -0.4 is 4.40 Å². The van der Waals surface area contributed by atoms with Crippen molar-refractivity contribution in [2.45, 2.75) is 6.92 Å². The summed E-state index contributed by atoms with van der Waals surface area (Å²) in [5.74, 6) is 0. The van der Waals surface area contributed by atoms with Gasteiger partial charge in [0.2, 0.25) is 0 Å². The van der Waals surface area contributed by atoms with Gasteiger partial charge in [-0.2, -0.15) is 0 Å². The van der Waals surface area contributed by atoms with E-state index in [1.807, 2.05) is 6.07 Å². The van der Waals surface area contributed by atoms with E-state index in [2.05, 4.69) is 25.1 Å². The first-order chi connectivity index (χ1) is 4.34. The summed E-state index contributed by atoms with van der Waals surface area (Å²) in [4.78, 5) is 0. The predicted molar refractivity (Wildman–Crippen MR) is 45.2 cm³/mol. The third kappa shape index (κ3) is 1.73. The first-order valence-electron chi connectivity index (χ1n) is 2.95. The van der Waals surface area contributed by atoms with E-state index >= 15 is 0 Å². The Labute approximate surface area is 65.9 Å². The zero-order chi connectivity index (χ0) is 6.69. The fourth-order valence-electron chi connectivity index (χ4n) is 0.760. The van der Waals surface area contributed by atoms with E-state index < -0.39 is 14.5 Å². The van der Waals surface area contributed by atoms with Gasteiger partial charge in [-0.15, -0.1) is 0 Å². The minimum atomic E-state index is -0.845.